The van der Waals surface area contributed by atoms with Crippen LogP contribution in [-0.4, -0.2) is 36.2 Å². The first-order valence-electron chi connectivity index (χ1n) is 5.18. The molecule has 2 N–H and O–H groups in total. The lowest BCUT2D eigenvalue weighted by Gasteiger charge is -2.18. The fourth-order valence-electron chi connectivity index (χ4n) is 1.32. The van der Waals surface area contributed by atoms with E-state index in [0.717, 1.165) is 0 Å². The Bertz CT molecular complexity index is 389. The number of rotatable bonds is 4. The molecule has 0 bridgehead atoms. The van der Waals surface area contributed by atoms with E-state index in [1.165, 1.54) is 14.0 Å². The van der Waals surface area contributed by atoms with Gasteiger partial charge in [-0.1, -0.05) is 18.2 Å². The van der Waals surface area contributed by atoms with Gasteiger partial charge in [-0.05, 0) is 19.1 Å². The average molecular weight is 237 g/mol. The lowest BCUT2D eigenvalue weighted by atomic mass is 10.1. The third-order valence-electron chi connectivity index (χ3n) is 2.26. The van der Waals surface area contributed by atoms with Crippen LogP contribution in [0.25, 0.3) is 0 Å². The Hall–Kier alpha value is -1.88. The van der Waals surface area contributed by atoms with Crippen LogP contribution < -0.4 is 5.32 Å². The second-order valence-corrected chi connectivity index (χ2v) is 3.58. The molecular formula is C12H15NO4. The maximum absolute atomic E-state index is 11.7. The molecule has 0 aromatic heterocycles. The molecule has 1 aromatic carbocycles. The molecule has 92 valence electrons. The van der Waals surface area contributed by atoms with Gasteiger partial charge < -0.3 is 15.2 Å². The Morgan fingerprint density at radius 2 is 1.88 bits per heavy atom. The van der Waals surface area contributed by atoms with Crippen molar-refractivity contribution in [3.8, 4) is 0 Å². The smallest absolute Gasteiger partial charge is 0.331 e. The van der Waals surface area contributed by atoms with Crippen molar-refractivity contribution in [3.05, 3.63) is 35.9 Å². The number of hydrogen-bond donors (Lipinski definition) is 2. The van der Waals surface area contributed by atoms with Crippen molar-refractivity contribution in [1.82, 2.24) is 5.32 Å². The van der Waals surface area contributed by atoms with Crippen LogP contribution in [0.1, 0.15) is 17.3 Å². The van der Waals surface area contributed by atoms with E-state index in [0.29, 0.717) is 5.56 Å². The van der Waals surface area contributed by atoms with Crippen molar-refractivity contribution in [2.45, 2.75) is 19.1 Å². The molecule has 0 radical (unpaired) electrons. The summed E-state index contributed by atoms with van der Waals surface area (Å²) < 4.78 is 4.50. The minimum Gasteiger partial charge on any atom is -0.467 e. The van der Waals surface area contributed by atoms with Crippen molar-refractivity contribution >= 4 is 11.9 Å². The number of benzene rings is 1. The fraction of sp³-hybridized carbons (Fsp3) is 0.333. The summed E-state index contributed by atoms with van der Waals surface area (Å²) in [7, 11) is 1.20. The van der Waals surface area contributed by atoms with Gasteiger partial charge in [-0.2, -0.15) is 0 Å². The number of aliphatic hydroxyl groups is 1. The summed E-state index contributed by atoms with van der Waals surface area (Å²) in [4.78, 5) is 23.1. The van der Waals surface area contributed by atoms with Gasteiger partial charge in [0.2, 0.25) is 0 Å². The number of carbonyl (C=O) groups is 2. The van der Waals surface area contributed by atoms with Crippen molar-refractivity contribution in [1.29, 1.82) is 0 Å². The molecule has 1 rings (SSSR count). The first kappa shape index (κ1) is 13.2. The van der Waals surface area contributed by atoms with E-state index in [-0.39, 0.29) is 0 Å². The second-order valence-electron chi connectivity index (χ2n) is 3.58. The summed E-state index contributed by atoms with van der Waals surface area (Å²) in [6.45, 7) is 1.41. The van der Waals surface area contributed by atoms with Crippen LogP contribution in [0, 0.1) is 0 Å². The maximum Gasteiger partial charge on any atom is 0.331 e. The van der Waals surface area contributed by atoms with Gasteiger partial charge in [0, 0.05) is 5.56 Å². The minimum atomic E-state index is -1.06. The lowest BCUT2D eigenvalue weighted by molar-refractivity contribution is -0.145. The van der Waals surface area contributed by atoms with Gasteiger partial charge in [0.05, 0.1) is 13.2 Å². The largest absolute Gasteiger partial charge is 0.467 e. The molecule has 2 atom stereocenters. The zero-order valence-electron chi connectivity index (χ0n) is 9.71. The van der Waals surface area contributed by atoms with Gasteiger partial charge in [-0.3, -0.25) is 4.79 Å². The third kappa shape index (κ3) is 3.57. The van der Waals surface area contributed by atoms with E-state index in [1.807, 2.05) is 0 Å². The number of nitrogens with one attached hydrogen (secondary N) is 1. The van der Waals surface area contributed by atoms with Gasteiger partial charge in [0.15, 0.2) is 6.04 Å². The highest BCUT2D eigenvalue weighted by molar-refractivity contribution is 5.96. The van der Waals surface area contributed by atoms with Gasteiger partial charge in [0.25, 0.3) is 5.91 Å². The summed E-state index contributed by atoms with van der Waals surface area (Å²) in [5, 5.41) is 11.8. The molecule has 5 nitrogen and oxygen atoms in total. The van der Waals surface area contributed by atoms with Gasteiger partial charge in [0.1, 0.15) is 0 Å². The Balaban J connectivity index is 2.75. The van der Waals surface area contributed by atoms with Crippen molar-refractivity contribution < 1.29 is 19.4 Å². The summed E-state index contributed by atoms with van der Waals surface area (Å²) in [6.07, 6.45) is -1.02. The Morgan fingerprint density at radius 1 is 1.29 bits per heavy atom. The van der Waals surface area contributed by atoms with Crippen LogP contribution in [0.4, 0.5) is 0 Å². The predicted molar refractivity (Wildman–Crippen MR) is 61.4 cm³/mol. The van der Waals surface area contributed by atoms with E-state index in [1.54, 1.807) is 30.3 Å². The number of carbonyl (C=O) groups excluding carboxylic acids is 2. The Morgan fingerprint density at radius 3 is 2.35 bits per heavy atom. The maximum atomic E-state index is 11.7. The highest BCUT2D eigenvalue weighted by Gasteiger charge is 2.26. The summed E-state index contributed by atoms with van der Waals surface area (Å²) in [6, 6.07) is 7.38. The van der Waals surface area contributed by atoms with E-state index in [2.05, 4.69) is 10.1 Å². The number of esters is 1. The molecule has 0 aliphatic heterocycles. The van der Waals surface area contributed by atoms with Crippen LogP contribution in [0.3, 0.4) is 0 Å². The Kier molecular flexibility index (Phi) is 4.66. The van der Waals surface area contributed by atoms with Crippen molar-refractivity contribution in [2.75, 3.05) is 7.11 Å². The van der Waals surface area contributed by atoms with Gasteiger partial charge in [-0.15, -0.1) is 0 Å². The second kappa shape index (κ2) is 6.00. The van der Waals surface area contributed by atoms with Crippen LogP contribution >= 0.6 is 0 Å². The number of amides is 1. The minimum absolute atomic E-state index is 0.419. The number of hydrogen-bond acceptors (Lipinski definition) is 4. The molecule has 0 aliphatic carbocycles. The van der Waals surface area contributed by atoms with Crippen molar-refractivity contribution in [3.63, 3.8) is 0 Å². The molecule has 0 heterocycles. The van der Waals surface area contributed by atoms with E-state index >= 15 is 0 Å². The lowest BCUT2D eigenvalue weighted by Crippen LogP contribution is -2.48. The molecule has 17 heavy (non-hydrogen) atoms. The molecule has 1 amide bonds. The fourth-order valence-corrected chi connectivity index (χ4v) is 1.32. The molecule has 0 spiro atoms. The van der Waals surface area contributed by atoms with E-state index < -0.39 is 24.0 Å². The Labute approximate surface area is 99.4 Å². The van der Waals surface area contributed by atoms with Gasteiger partial charge >= 0.3 is 5.97 Å². The number of aliphatic hydroxyl groups excluding tert-OH is 1. The summed E-state index contributed by atoms with van der Waals surface area (Å²) >= 11 is 0. The van der Waals surface area contributed by atoms with Gasteiger partial charge in [-0.25, -0.2) is 4.79 Å². The zero-order chi connectivity index (χ0) is 12.8. The topological polar surface area (TPSA) is 75.6 Å². The molecule has 1 aromatic rings. The highest BCUT2D eigenvalue weighted by Crippen LogP contribution is 2.02. The molecule has 0 saturated heterocycles. The average Bonchev–Trinajstić information content (AvgIpc) is 2.35. The summed E-state index contributed by atoms with van der Waals surface area (Å²) in [5.74, 6) is -1.11. The zero-order valence-corrected chi connectivity index (χ0v) is 9.71. The first-order chi connectivity index (χ1) is 8.06. The van der Waals surface area contributed by atoms with Crippen LogP contribution in [0.2, 0.25) is 0 Å². The first-order valence-corrected chi connectivity index (χ1v) is 5.18. The molecule has 5 heteroatoms. The SMILES string of the molecule is COC(=O)[C@@H](NC(=O)c1ccccc1)[C@H](C)O. The quantitative estimate of drug-likeness (QED) is 0.740. The van der Waals surface area contributed by atoms with Crippen LogP contribution in [0.15, 0.2) is 30.3 Å². The monoisotopic (exact) mass is 237 g/mol. The molecular weight excluding hydrogens is 222 g/mol. The highest BCUT2D eigenvalue weighted by atomic mass is 16.5. The summed E-state index contributed by atoms with van der Waals surface area (Å²) in [5.41, 5.74) is 0.419. The van der Waals surface area contributed by atoms with Crippen LogP contribution in [-0.2, 0) is 9.53 Å². The third-order valence-corrected chi connectivity index (χ3v) is 2.26. The normalized spacial score (nSPS) is 13.6. The standard InChI is InChI=1S/C12H15NO4/c1-8(14)10(12(16)17-2)13-11(15)9-6-4-3-5-7-9/h3-8,10,14H,1-2H3,(H,13,15)/t8-,10-/m0/s1. The molecule has 0 saturated carbocycles. The molecule has 0 aliphatic rings. The van der Waals surface area contributed by atoms with E-state index in [9.17, 15) is 14.7 Å². The number of ether oxygens (including phenoxy) is 1. The van der Waals surface area contributed by atoms with Crippen LogP contribution in [0.5, 0.6) is 0 Å². The van der Waals surface area contributed by atoms with Crippen molar-refractivity contribution in [2.24, 2.45) is 0 Å². The number of methoxy groups -OCH3 is 1. The molecule has 0 unspecified atom stereocenters. The predicted octanol–water partition coefficient (Wildman–Crippen LogP) is 0.339. The van der Waals surface area contributed by atoms with E-state index in [4.69, 9.17) is 0 Å². The molecule has 0 fully saturated rings.